The molecule has 0 N–H and O–H groups in total. The van der Waals surface area contributed by atoms with Gasteiger partial charge < -0.3 is 14.2 Å². The first-order chi connectivity index (χ1) is 9.42. The molecule has 98 valence electrons. The number of hydrogen-bond acceptors (Lipinski definition) is 3. The molecule has 1 aromatic rings. The maximum absolute atomic E-state index is 6.29. The fraction of sp³-hybridized carbons (Fsp3) is 0.625. The molecule has 4 aliphatic heterocycles. The van der Waals surface area contributed by atoms with Gasteiger partial charge in [-0.2, -0.15) is 0 Å². The molecule has 0 unspecified atom stereocenters. The standard InChI is InChI=1S/C16H16O3/c1-2-4-8-7(3-1)13-11-9-5-6-10-12(11)14(8)18-16(10)19-15(9)17-13/h1-4,9-16H,5-6H2/t9-,10+,11-,12+,13+,14-,15-,16+. The summed E-state index contributed by atoms with van der Waals surface area (Å²) in [7, 11) is 0. The minimum Gasteiger partial charge on any atom is -0.344 e. The molecule has 7 rings (SSSR count). The van der Waals surface area contributed by atoms with Crippen molar-refractivity contribution in [3.05, 3.63) is 35.4 Å². The van der Waals surface area contributed by atoms with E-state index in [2.05, 4.69) is 24.3 Å². The predicted molar refractivity (Wildman–Crippen MR) is 65.9 cm³/mol. The molecule has 19 heavy (non-hydrogen) atoms. The van der Waals surface area contributed by atoms with Crippen molar-refractivity contribution in [3.8, 4) is 0 Å². The van der Waals surface area contributed by atoms with Crippen molar-refractivity contribution in [2.75, 3.05) is 0 Å². The summed E-state index contributed by atoms with van der Waals surface area (Å²) in [6.45, 7) is 0. The summed E-state index contributed by atoms with van der Waals surface area (Å²) in [5, 5.41) is 0. The van der Waals surface area contributed by atoms with Gasteiger partial charge in [0, 0.05) is 23.7 Å². The monoisotopic (exact) mass is 256 g/mol. The Kier molecular flexibility index (Phi) is 1.59. The molecule has 8 atom stereocenters. The Hall–Kier alpha value is -0.900. The summed E-state index contributed by atoms with van der Waals surface area (Å²) < 4.78 is 18.7. The molecular weight excluding hydrogens is 240 g/mol. The van der Waals surface area contributed by atoms with Crippen LogP contribution in [0.5, 0.6) is 0 Å². The zero-order chi connectivity index (χ0) is 12.1. The predicted octanol–water partition coefficient (Wildman–Crippen LogP) is 2.78. The third-order valence-corrected chi connectivity index (χ3v) is 6.10. The van der Waals surface area contributed by atoms with Crippen LogP contribution in [0.3, 0.4) is 0 Å². The fourth-order valence-electron chi connectivity index (χ4n) is 5.49. The van der Waals surface area contributed by atoms with Crippen LogP contribution in [0.4, 0.5) is 0 Å². The van der Waals surface area contributed by atoms with Crippen molar-refractivity contribution >= 4 is 0 Å². The molecule has 4 heterocycles. The van der Waals surface area contributed by atoms with Gasteiger partial charge >= 0.3 is 0 Å². The van der Waals surface area contributed by atoms with Crippen LogP contribution in [0.25, 0.3) is 0 Å². The molecule has 4 saturated heterocycles. The number of benzene rings is 1. The smallest absolute Gasteiger partial charge is 0.164 e. The minimum absolute atomic E-state index is 0.0258. The molecule has 0 aromatic heterocycles. The molecule has 0 radical (unpaired) electrons. The lowest BCUT2D eigenvalue weighted by atomic mass is 9.60. The van der Waals surface area contributed by atoms with E-state index in [0.29, 0.717) is 23.7 Å². The van der Waals surface area contributed by atoms with E-state index in [4.69, 9.17) is 14.2 Å². The normalized spacial score (nSPS) is 55.4. The van der Waals surface area contributed by atoms with E-state index in [1.54, 1.807) is 0 Å². The first-order valence-electron chi connectivity index (χ1n) is 7.47. The van der Waals surface area contributed by atoms with Crippen molar-refractivity contribution in [2.45, 2.75) is 37.6 Å². The Morgan fingerprint density at radius 3 is 1.79 bits per heavy atom. The molecule has 3 nitrogen and oxygen atoms in total. The zero-order valence-corrected chi connectivity index (χ0v) is 10.6. The van der Waals surface area contributed by atoms with Crippen LogP contribution in [0.15, 0.2) is 24.3 Å². The van der Waals surface area contributed by atoms with Crippen molar-refractivity contribution in [1.82, 2.24) is 0 Å². The highest BCUT2D eigenvalue weighted by molar-refractivity contribution is 5.38. The quantitative estimate of drug-likeness (QED) is 0.714. The van der Waals surface area contributed by atoms with Gasteiger partial charge in [0.1, 0.15) is 0 Å². The average molecular weight is 256 g/mol. The summed E-state index contributed by atoms with van der Waals surface area (Å²) in [5.41, 5.74) is 2.71. The van der Waals surface area contributed by atoms with Gasteiger partial charge in [-0.05, 0) is 24.0 Å². The van der Waals surface area contributed by atoms with Gasteiger partial charge in [-0.15, -0.1) is 0 Å². The van der Waals surface area contributed by atoms with Gasteiger partial charge in [-0.3, -0.25) is 0 Å². The number of ether oxygens (including phenoxy) is 3. The highest BCUT2D eigenvalue weighted by Crippen LogP contribution is 2.67. The Labute approximate surface area is 111 Å². The van der Waals surface area contributed by atoms with E-state index >= 15 is 0 Å². The second kappa shape index (κ2) is 3.05. The van der Waals surface area contributed by atoms with E-state index in [9.17, 15) is 0 Å². The lowest BCUT2D eigenvalue weighted by molar-refractivity contribution is -0.244. The molecule has 5 fully saturated rings. The largest absolute Gasteiger partial charge is 0.344 e. The van der Waals surface area contributed by atoms with Crippen LogP contribution in [0, 0.1) is 23.7 Å². The van der Waals surface area contributed by atoms with E-state index < -0.39 is 0 Å². The van der Waals surface area contributed by atoms with Crippen LogP contribution < -0.4 is 0 Å². The van der Waals surface area contributed by atoms with Crippen LogP contribution in [-0.2, 0) is 14.2 Å². The molecule has 1 saturated carbocycles. The van der Waals surface area contributed by atoms with E-state index in [0.717, 1.165) is 0 Å². The Bertz CT molecular complexity index is 522. The Morgan fingerprint density at radius 2 is 1.26 bits per heavy atom. The number of rotatable bonds is 0. The molecule has 2 aliphatic carbocycles. The molecule has 3 heteroatoms. The van der Waals surface area contributed by atoms with Gasteiger partial charge in [-0.1, -0.05) is 24.3 Å². The van der Waals surface area contributed by atoms with Crippen LogP contribution >= 0.6 is 0 Å². The van der Waals surface area contributed by atoms with Crippen LogP contribution in [-0.4, -0.2) is 12.6 Å². The average Bonchev–Trinajstić information content (AvgIpc) is 2.94. The second-order valence-corrected chi connectivity index (χ2v) is 6.67. The van der Waals surface area contributed by atoms with Gasteiger partial charge in [0.2, 0.25) is 0 Å². The second-order valence-electron chi connectivity index (χ2n) is 6.67. The summed E-state index contributed by atoms with van der Waals surface area (Å²) in [5.74, 6) is 2.43. The lowest BCUT2D eigenvalue weighted by Crippen LogP contribution is -2.38. The van der Waals surface area contributed by atoms with Crippen LogP contribution in [0.2, 0.25) is 0 Å². The van der Waals surface area contributed by atoms with Crippen molar-refractivity contribution in [2.24, 2.45) is 23.7 Å². The lowest BCUT2D eigenvalue weighted by Gasteiger charge is -2.42. The van der Waals surface area contributed by atoms with E-state index in [-0.39, 0.29) is 24.8 Å². The Morgan fingerprint density at radius 1 is 0.737 bits per heavy atom. The van der Waals surface area contributed by atoms with Gasteiger partial charge in [0.25, 0.3) is 0 Å². The SMILES string of the molecule is c1ccc2c(c1)[C@H]1O[C@H]3O[C@H]4O[C@@H]2[C@@H]2[C@H]4CC[C@H]3[C@@H]21. The van der Waals surface area contributed by atoms with E-state index in [1.165, 1.54) is 24.0 Å². The molecule has 0 spiro atoms. The van der Waals surface area contributed by atoms with Crippen molar-refractivity contribution in [1.29, 1.82) is 0 Å². The molecular formula is C16H16O3. The summed E-state index contributed by atoms with van der Waals surface area (Å²) in [6.07, 6.45) is 2.95. The molecule has 1 aromatic carbocycles. The van der Waals surface area contributed by atoms with Crippen molar-refractivity contribution in [3.63, 3.8) is 0 Å². The first kappa shape index (κ1) is 9.92. The highest BCUT2D eigenvalue weighted by atomic mass is 16.8. The number of hydrogen-bond donors (Lipinski definition) is 0. The van der Waals surface area contributed by atoms with Gasteiger partial charge in [-0.25, -0.2) is 0 Å². The van der Waals surface area contributed by atoms with Gasteiger partial charge in [0.15, 0.2) is 12.6 Å². The Balaban J connectivity index is 1.67. The maximum Gasteiger partial charge on any atom is 0.164 e. The maximum atomic E-state index is 6.29. The van der Waals surface area contributed by atoms with E-state index in [1.807, 2.05) is 0 Å². The van der Waals surface area contributed by atoms with Crippen LogP contribution in [0.1, 0.15) is 36.2 Å². The molecule has 6 bridgehead atoms. The van der Waals surface area contributed by atoms with Gasteiger partial charge in [0.05, 0.1) is 12.2 Å². The highest BCUT2D eigenvalue weighted by Gasteiger charge is 2.66. The first-order valence-corrected chi connectivity index (χ1v) is 7.47. The summed E-state index contributed by atoms with van der Waals surface area (Å²) in [6, 6.07) is 8.69. The zero-order valence-electron chi connectivity index (χ0n) is 10.6. The molecule has 0 amide bonds. The minimum atomic E-state index is -0.0258. The summed E-state index contributed by atoms with van der Waals surface area (Å²) in [4.78, 5) is 0. The topological polar surface area (TPSA) is 27.7 Å². The third-order valence-electron chi connectivity index (χ3n) is 6.10. The number of fused-ring (bicyclic) bond motifs is 4. The summed E-state index contributed by atoms with van der Waals surface area (Å²) >= 11 is 0. The fourth-order valence-corrected chi connectivity index (χ4v) is 5.49. The third kappa shape index (κ3) is 0.979. The molecule has 6 aliphatic rings. The van der Waals surface area contributed by atoms with Crippen molar-refractivity contribution < 1.29 is 14.2 Å².